The largest absolute Gasteiger partial charge is 0.483 e. The average Bonchev–Trinajstić information content (AvgIpc) is 3.10. The van der Waals surface area contributed by atoms with Crippen molar-refractivity contribution in [2.24, 2.45) is 0 Å². The highest BCUT2D eigenvalue weighted by molar-refractivity contribution is 5.91. The van der Waals surface area contributed by atoms with Crippen LogP contribution < -0.4 is 10.1 Å². The third-order valence-corrected chi connectivity index (χ3v) is 5.09. The van der Waals surface area contributed by atoms with Crippen LogP contribution in [0.15, 0.2) is 65.1 Å². The molecule has 30 heavy (non-hydrogen) atoms. The third-order valence-electron chi connectivity index (χ3n) is 5.09. The lowest BCUT2D eigenvalue weighted by atomic mass is 10.1. The minimum absolute atomic E-state index is 0.0334. The molecule has 0 spiro atoms. The molecule has 5 nitrogen and oxygen atoms in total. The van der Waals surface area contributed by atoms with Crippen LogP contribution in [0.1, 0.15) is 28.1 Å². The lowest BCUT2D eigenvalue weighted by Crippen LogP contribution is -2.20. The van der Waals surface area contributed by atoms with Gasteiger partial charge in [-0.3, -0.25) is 4.79 Å². The standard InChI is InChI=1S/C25H24N2O3/c1-16-6-4-5-7-22(16)29-15-24(28)26-20-10-8-19(9-11-20)14-25-27-21-12-17(2)18(3)13-23(21)30-25/h4-13H,14-15H2,1-3H3,(H,26,28). The molecule has 0 atom stereocenters. The molecule has 0 aliphatic carbocycles. The van der Waals surface area contributed by atoms with Gasteiger partial charge in [-0.05, 0) is 73.4 Å². The first-order valence-corrected chi connectivity index (χ1v) is 9.92. The van der Waals surface area contributed by atoms with Crippen molar-refractivity contribution in [3.05, 3.63) is 88.8 Å². The fourth-order valence-corrected chi connectivity index (χ4v) is 3.24. The number of aromatic nitrogens is 1. The molecule has 0 fully saturated rings. The Labute approximate surface area is 175 Å². The first-order valence-electron chi connectivity index (χ1n) is 9.92. The van der Waals surface area contributed by atoms with Gasteiger partial charge in [-0.25, -0.2) is 4.98 Å². The Morgan fingerprint density at radius 2 is 1.70 bits per heavy atom. The van der Waals surface area contributed by atoms with Crippen molar-refractivity contribution in [1.82, 2.24) is 4.98 Å². The van der Waals surface area contributed by atoms with E-state index < -0.39 is 0 Å². The van der Waals surface area contributed by atoms with Crippen molar-refractivity contribution < 1.29 is 13.9 Å². The maximum atomic E-state index is 12.2. The number of hydrogen-bond donors (Lipinski definition) is 1. The van der Waals surface area contributed by atoms with E-state index >= 15 is 0 Å². The molecule has 0 aliphatic rings. The first-order chi connectivity index (χ1) is 14.5. The van der Waals surface area contributed by atoms with E-state index in [1.54, 1.807) is 0 Å². The summed E-state index contributed by atoms with van der Waals surface area (Å²) in [6, 6.07) is 19.4. The van der Waals surface area contributed by atoms with Crippen LogP contribution >= 0.6 is 0 Å². The molecule has 1 aromatic heterocycles. The molecule has 152 valence electrons. The minimum Gasteiger partial charge on any atom is -0.483 e. The lowest BCUT2D eigenvalue weighted by Gasteiger charge is -2.09. The second-order valence-electron chi connectivity index (χ2n) is 7.49. The maximum Gasteiger partial charge on any atom is 0.262 e. The van der Waals surface area contributed by atoms with Gasteiger partial charge >= 0.3 is 0 Å². The summed E-state index contributed by atoms with van der Waals surface area (Å²) < 4.78 is 11.5. The summed E-state index contributed by atoms with van der Waals surface area (Å²) in [7, 11) is 0. The van der Waals surface area contributed by atoms with Gasteiger partial charge in [0.05, 0.1) is 0 Å². The quantitative estimate of drug-likeness (QED) is 0.473. The van der Waals surface area contributed by atoms with E-state index in [9.17, 15) is 4.79 Å². The van der Waals surface area contributed by atoms with Gasteiger partial charge in [-0.15, -0.1) is 0 Å². The molecule has 1 N–H and O–H groups in total. The molecule has 1 heterocycles. The fraction of sp³-hybridized carbons (Fsp3) is 0.200. The Bertz CT molecular complexity index is 1150. The number of oxazole rings is 1. The van der Waals surface area contributed by atoms with Crippen LogP contribution in [0.2, 0.25) is 0 Å². The van der Waals surface area contributed by atoms with E-state index in [1.807, 2.05) is 61.5 Å². The number of ether oxygens (including phenoxy) is 1. The van der Waals surface area contributed by atoms with Crippen molar-refractivity contribution in [3.8, 4) is 5.75 Å². The van der Waals surface area contributed by atoms with Gasteiger partial charge < -0.3 is 14.5 Å². The number of amides is 1. The van der Waals surface area contributed by atoms with Crippen LogP contribution in [-0.4, -0.2) is 17.5 Å². The predicted octanol–water partition coefficient (Wildman–Crippen LogP) is 5.36. The van der Waals surface area contributed by atoms with Crippen molar-refractivity contribution >= 4 is 22.7 Å². The van der Waals surface area contributed by atoms with Crippen molar-refractivity contribution in [2.45, 2.75) is 27.2 Å². The smallest absolute Gasteiger partial charge is 0.262 e. The van der Waals surface area contributed by atoms with Crippen LogP contribution in [0.4, 0.5) is 5.69 Å². The highest BCUT2D eigenvalue weighted by atomic mass is 16.5. The molecule has 1 amide bonds. The van der Waals surface area contributed by atoms with Crippen molar-refractivity contribution in [1.29, 1.82) is 0 Å². The SMILES string of the molecule is Cc1cc2nc(Cc3ccc(NC(=O)COc4ccccc4C)cc3)oc2cc1C. The number of fused-ring (bicyclic) bond motifs is 1. The molecule has 3 aromatic carbocycles. The first kappa shape index (κ1) is 19.7. The number of para-hydroxylation sites is 1. The van der Waals surface area contributed by atoms with E-state index in [0.717, 1.165) is 27.9 Å². The van der Waals surface area contributed by atoms with Gasteiger partial charge in [0, 0.05) is 12.1 Å². The summed E-state index contributed by atoms with van der Waals surface area (Å²) in [6.45, 7) is 6.05. The topological polar surface area (TPSA) is 64.4 Å². The lowest BCUT2D eigenvalue weighted by molar-refractivity contribution is -0.118. The molecule has 0 radical (unpaired) electrons. The molecule has 0 aliphatic heterocycles. The van der Waals surface area contributed by atoms with Gasteiger partial charge in [0.25, 0.3) is 5.91 Å². The Hall–Kier alpha value is -3.60. The zero-order valence-corrected chi connectivity index (χ0v) is 17.4. The Morgan fingerprint density at radius 1 is 0.967 bits per heavy atom. The fourth-order valence-electron chi connectivity index (χ4n) is 3.24. The maximum absolute atomic E-state index is 12.2. The van der Waals surface area contributed by atoms with Crippen LogP contribution in [0.3, 0.4) is 0 Å². The summed E-state index contributed by atoms with van der Waals surface area (Å²) in [4.78, 5) is 16.8. The Kier molecular flexibility index (Phi) is 5.53. The number of nitrogens with one attached hydrogen (secondary N) is 1. The highest BCUT2D eigenvalue weighted by Gasteiger charge is 2.09. The van der Waals surface area contributed by atoms with E-state index in [0.29, 0.717) is 18.1 Å². The second kappa shape index (κ2) is 8.41. The summed E-state index contributed by atoms with van der Waals surface area (Å²) in [5, 5.41) is 2.85. The number of aryl methyl sites for hydroxylation is 3. The van der Waals surface area contributed by atoms with Gasteiger partial charge in [0.15, 0.2) is 18.1 Å². The molecule has 4 rings (SSSR count). The van der Waals surface area contributed by atoms with Crippen LogP contribution in [0.5, 0.6) is 5.75 Å². The number of benzene rings is 3. The van der Waals surface area contributed by atoms with Gasteiger partial charge in [-0.2, -0.15) is 0 Å². The number of nitrogens with zero attached hydrogens (tertiary/aromatic N) is 1. The summed E-state index contributed by atoms with van der Waals surface area (Å²) in [5.74, 6) is 1.20. The molecule has 0 saturated heterocycles. The van der Waals surface area contributed by atoms with Crippen LogP contribution in [0, 0.1) is 20.8 Å². The van der Waals surface area contributed by atoms with Crippen LogP contribution in [0.25, 0.3) is 11.1 Å². The van der Waals surface area contributed by atoms with Gasteiger partial charge in [0.2, 0.25) is 0 Å². The summed E-state index contributed by atoms with van der Waals surface area (Å²) >= 11 is 0. The van der Waals surface area contributed by atoms with E-state index in [1.165, 1.54) is 11.1 Å². The zero-order valence-electron chi connectivity index (χ0n) is 17.4. The highest BCUT2D eigenvalue weighted by Crippen LogP contribution is 2.22. The third kappa shape index (κ3) is 4.51. The summed E-state index contributed by atoms with van der Waals surface area (Å²) in [5.41, 5.74) is 6.87. The van der Waals surface area contributed by atoms with Crippen molar-refractivity contribution in [2.75, 3.05) is 11.9 Å². The van der Waals surface area contributed by atoms with Gasteiger partial charge in [-0.1, -0.05) is 30.3 Å². The normalized spacial score (nSPS) is 10.9. The molecular formula is C25H24N2O3. The monoisotopic (exact) mass is 400 g/mol. The summed E-state index contributed by atoms with van der Waals surface area (Å²) in [6.07, 6.45) is 0.595. The van der Waals surface area contributed by atoms with Crippen molar-refractivity contribution in [3.63, 3.8) is 0 Å². The van der Waals surface area contributed by atoms with Crippen LogP contribution in [-0.2, 0) is 11.2 Å². The number of hydrogen-bond acceptors (Lipinski definition) is 4. The van der Waals surface area contributed by atoms with E-state index in [2.05, 4.69) is 30.2 Å². The minimum atomic E-state index is -0.198. The number of anilines is 1. The average molecular weight is 400 g/mol. The predicted molar refractivity (Wildman–Crippen MR) is 118 cm³/mol. The number of rotatable bonds is 6. The second-order valence-corrected chi connectivity index (χ2v) is 7.49. The molecule has 4 aromatic rings. The Morgan fingerprint density at radius 3 is 2.47 bits per heavy atom. The molecule has 0 saturated carbocycles. The molecule has 0 bridgehead atoms. The number of carbonyl (C=O) groups excluding carboxylic acids is 1. The Balaban J connectivity index is 1.36. The molecule has 0 unspecified atom stereocenters. The number of carbonyl (C=O) groups is 1. The van der Waals surface area contributed by atoms with E-state index in [-0.39, 0.29) is 12.5 Å². The molecule has 5 heteroatoms. The zero-order chi connectivity index (χ0) is 21.1. The molecular weight excluding hydrogens is 376 g/mol. The van der Waals surface area contributed by atoms with E-state index in [4.69, 9.17) is 9.15 Å². The van der Waals surface area contributed by atoms with Gasteiger partial charge in [0.1, 0.15) is 11.3 Å².